The Morgan fingerprint density at radius 2 is 1.96 bits per heavy atom. The van der Waals surface area contributed by atoms with Crippen molar-refractivity contribution in [2.45, 2.75) is 70.8 Å². The summed E-state index contributed by atoms with van der Waals surface area (Å²) in [5.41, 5.74) is 2.11. The summed E-state index contributed by atoms with van der Waals surface area (Å²) < 4.78 is 1.82. The average Bonchev–Trinajstić information content (AvgIpc) is 3.01. The van der Waals surface area contributed by atoms with E-state index < -0.39 is 0 Å². The van der Waals surface area contributed by atoms with Gasteiger partial charge in [0.1, 0.15) is 11.3 Å². The molecule has 1 fully saturated rings. The Balaban J connectivity index is 1.33. The molecule has 6 heteroatoms. The third-order valence-electron chi connectivity index (χ3n) is 5.26. The average molecular weight is 370 g/mol. The first-order chi connectivity index (χ1) is 13.1. The summed E-state index contributed by atoms with van der Waals surface area (Å²) in [6.07, 6.45) is 11.1. The number of rotatable bonds is 8. The number of carbonyl (C=O) groups excluding carboxylic acids is 2. The monoisotopic (exact) mass is 370 g/mol. The lowest BCUT2D eigenvalue weighted by Gasteiger charge is -2.22. The smallest absolute Gasteiger partial charge is 0.270 e. The molecule has 6 nitrogen and oxygen atoms in total. The molecule has 2 aromatic rings. The Hall–Kier alpha value is -2.37. The first-order valence-corrected chi connectivity index (χ1v) is 10.2. The van der Waals surface area contributed by atoms with E-state index >= 15 is 0 Å². The van der Waals surface area contributed by atoms with Gasteiger partial charge >= 0.3 is 0 Å². The summed E-state index contributed by atoms with van der Waals surface area (Å²) in [5.74, 6) is 0.0773. The Kier molecular flexibility index (Phi) is 6.85. The van der Waals surface area contributed by atoms with Crippen LogP contribution < -0.4 is 10.6 Å². The van der Waals surface area contributed by atoms with Crippen molar-refractivity contribution < 1.29 is 9.59 Å². The zero-order valence-electron chi connectivity index (χ0n) is 16.2. The van der Waals surface area contributed by atoms with Crippen LogP contribution in [0.1, 0.15) is 74.0 Å². The van der Waals surface area contributed by atoms with E-state index in [0.717, 1.165) is 43.4 Å². The van der Waals surface area contributed by atoms with Crippen molar-refractivity contribution in [2.75, 3.05) is 6.54 Å². The molecule has 0 bridgehead atoms. The van der Waals surface area contributed by atoms with E-state index in [-0.39, 0.29) is 11.8 Å². The fraction of sp³-hybridized carbons (Fsp3) is 0.571. The topological polar surface area (TPSA) is 75.5 Å². The maximum Gasteiger partial charge on any atom is 0.270 e. The van der Waals surface area contributed by atoms with Gasteiger partial charge in [0.25, 0.3) is 5.91 Å². The predicted molar refractivity (Wildman–Crippen MR) is 106 cm³/mol. The van der Waals surface area contributed by atoms with Gasteiger partial charge in [-0.05, 0) is 44.7 Å². The van der Waals surface area contributed by atoms with E-state index in [2.05, 4.69) is 15.6 Å². The summed E-state index contributed by atoms with van der Waals surface area (Å²) in [6.45, 7) is 2.47. The van der Waals surface area contributed by atoms with Crippen molar-refractivity contribution in [3.05, 3.63) is 35.8 Å². The summed E-state index contributed by atoms with van der Waals surface area (Å²) in [6, 6.07) is 6.08. The van der Waals surface area contributed by atoms with Crippen LogP contribution in [-0.4, -0.2) is 33.8 Å². The number of amides is 2. The molecule has 0 atom stereocenters. The van der Waals surface area contributed by atoms with Crippen molar-refractivity contribution in [1.29, 1.82) is 0 Å². The van der Waals surface area contributed by atoms with Crippen LogP contribution in [0.5, 0.6) is 0 Å². The van der Waals surface area contributed by atoms with Gasteiger partial charge in [0.05, 0.1) is 5.69 Å². The molecule has 0 spiro atoms. The molecule has 3 rings (SSSR count). The van der Waals surface area contributed by atoms with E-state index in [0.29, 0.717) is 24.7 Å². The molecule has 2 amide bonds. The fourth-order valence-corrected chi connectivity index (χ4v) is 3.81. The SMILES string of the molecule is Cc1nc2ccccn2c1C(=O)NCCCCCC(=O)NC1CCCCC1. The molecule has 2 N–H and O–H groups in total. The summed E-state index contributed by atoms with van der Waals surface area (Å²) >= 11 is 0. The molecule has 0 aliphatic heterocycles. The normalized spacial score (nSPS) is 15.0. The quantitative estimate of drug-likeness (QED) is 0.700. The van der Waals surface area contributed by atoms with Crippen molar-refractivity contribution in [1.82, 2.24) is 20.0 Å². The van der Waals surface area contributed by atoms with Crippen LogP contribution in [-0.2, 0) is 4.79 Å². The van der Waals surface area contributed by atoms with Crippen LogP contribution in [0.15, 0.2) is 24.4 Å². The number of nitrogens with zero attached hydrogens (tertiary/aromatic N) is 2. The van der Waals surface area contributed by atoms with Gasteiger partial charge in [-0.2, -0.15) is 0 Å². The zero-order chi connectivity index (χ0) is 19.1. The van der Waals surface area contributed by atoms with Gasteiger partial charge in [-0.3, -0.25) is 14.0 Å². The number of carbonyl (C=O) groups is 2. The predicted octanol–water partition coefficient (Wildman–Crippen LogP) is 3.38. The first-order valence-electron chi connectivity index (χ1n) is 10.2. The molecule has 1 saturated carbocycles. The number of hydrogen-bond donors (Lipinski definition) is 2. The highest BCUT2D eigenvalue weighted by Gasteiger charge is 2.16. The van der Waals surface area contributed by atoms with Crippen LogP contribution in [0.4, 0.5) is 0 Å². The van der Waals surface area contributed by atoms with Crippen molar-refractivity contribution >= 4 is 17.5 Å². The summed E-state index contributed by atoms with van der Waals surface area (Å²) in [7, 11) is 0. The lowest BCUT2D eigenvalue weighted by atomic mass is 9.95. The van der Waals surface area contributed by atoms with Gasteiger partial charge in [0, 0.05) is 25.2 Å². The molecule has 0 unspecified atom stereocenters. The van der Waals surface area contributed by atoms with Gasteiger partial charge < -0.3 is 10.6 Å². The minimum atomic E-state index is -0.0961. The van der Waals surface area contributed by atoms with Gasteiger partial charge in [-0.1, -0.05) is 31.7 Å². The minimum Gasteiger partial charge on any atom is -0.353 e. The fourth-order valence-electron chi connectivity index (χ4n) is 3.81. The number of aromatic nitrogens is 2. The summed E-state index contributed by atoms with van der Waals surface area (Å²) in [4.78, 5) is 28.9. The Bertz CT molecular complexity index is 778. The molecular formula is C21H30N4O2. The number of fused-ring (bicyclic) bond motifs is 1. The lowest BCUT2D eigenvalue weighted by molar-refractivity contribution is -0.122. The Labute approximate surface area is 160 Å². The molecule has 27 heavy (non-hydrogen) atoms. The van der Waals surface area contributed by atoms with E-state index in [1.54, 1.807) is 0 Å². The van der Waals surface area contributed by atoms with Gasteiger partial charge in [-0.15, -0.1) is 0 Å². The van der Waals surface area contributed by atoms with Crippen molar-refractivity contribution in [2.24, 2.45) is 0 Å². The molecular weight excluding hydrogens is 340 g/mol. The molecule has 2 heterocycles. The van der Waals surface area contributed by atoms with E-state index in [1.807, 2.05) is 35.7 Å². The highest BCUT2D eigenvalue weighted by molar-refractivity contribution is 5.94. The standard InChI is InChI=1S/C21H30N4O2/c1-16-20(25-15-9-7-12-18(25)23-16)21(27)22-14-8-3-6-13-19(26)24-17-10-4-2-5-11-17/h7,9,12,15,17H,2-6,8,10-11,13-14H2,1H3,(H,22,27)(H,24,26). The third kappa shape index (κ3) is 5.31. The molecule has 0 aromatic carbocycles. The number of unbranched alkanes of at least 4 members (excludes halogenated alkanes) is 2. The molecule has 1 aliphatic carbocycles. The molecule has 0 saturated heterocycles. The highest BCUT2D eigenvalue weighted by Crippen LogP contribution is 2.17. The van der Waals surface area contributed by atoms with Crippen LogP contribution in [0.3, 0.4) is 0 Å². The molecule has 0 radical (unpaired) electrons. The second-order valence-corrected chi connectivity index (χ2v) is 7.44. The zero-order valence-corrected chi connectivity index (χ0v) is 16.2. The third-order valence-corrected chi connectivity index (χ3v) is 5.26. The summed E-state index contributed by atoms with van der Waals surface area (Å²) in [5, 5.41) is 6.12. The molecule has 146 valence electrons. The van der Waals surface area contributed by atoms with Gasteiger partial charge in [0.15, 0.2) is 0 Å². The van der Waals surface area contributed by atoms with Crippen molar-refractivity contribution in [3.63, 3.8) is 0 Å². The van der Waals surface area contributed by atoms with Gasteiger partial charge in [-0.25, -0.2) is 4.98 Å². The van der Waals surface area contributed by atoms with Crippen molar-refractivity contribution in [3.8, 4) is 0 Å². The number of aryl methyl sites for hydroxylation is 1. The van der Waals surface area contributed by atoms with Crippen LogP contribution >= 0.6 is 0 Å². The Morgan fingerprint density at radius 3 is 2.78 bits per heavy atom. The number of pyridine rings is 1. The van der Waals surface area contributed by atoms with Crippen LogP contribution in [0.2, 0.25) is 0 Å². The largest absolute Gasteiger partial charge is 0.353 e. The second kappa shape index (κ2) is 9.53. The Morgan fingerprint density at radius 1 is 1.15 bits per heavy atom. The van der Waals surface area contributed by atoms with Crippen LogP contribution in [0.25, 0.3) is 5.65 Å². The number of nitrogens with one attached hydrogen (secondary N) is 2. The van der Waals surface area contributed by atoms with Gasteiger partial charge in [0.2, 0.25) is 5.91 Å². The number of imidazole rings is 1. The lowest BCUT2D eigenvalue weighted by Crippen LogP contribution is -2.36. The number of hydrogen-bond acceptors (Lipinski definition) is 3. The minimum absolute atomic E-state index is 0.0961. The maximum atomic E-state index is 12.5. The first kappa shape index (κ1) is 19.4. The van der Waals surface area contributed by atoms with E-state index in [9.17, 15) is 9.59 Å². The van der Waals surface area contributed by atoms with E-state index in [4.69, 9.17) is 0 Å². The highest BCUT2D eigenvalue weighted by atomic mass is 16.2. The molecule has 1 aliphatic rings. The maximum absolute atomic E-state index is 12.5. The molecule has 2 aromatic heterocycles. The van der Waals surface area contributed by atoms with Crippen LogP contribution in [0, 0.1) is 6.92 Å². The second-order valence-electron chi connectivity index (χ2n) is 7.44. The van der Waals surface area contributed by atoms with E-state index in [1.165, 1.54) is 19.3 Å².